The first-order valence-corrected chi connectivity index (χ1v) is 15.4. The number of ether oxygens (including phenoxy) is 1. The van der Waals surface area contributed by atoms with Crippen molar-refractivity contribution in [1.82, 2.24) is 19.3 Å². The van der Waals surface area contributed by atoms with Gasteiger partial charge in [0.15, 0.2) is 0 Å². The molecule has 2 atom stereocenters. The number of alkyl halides is 3. The monoisotopic (exact) mass is 698 g/mol. The topological polar surface area (TPSA) is 121 Å². The van der Waals surface area contributed by atoms with Crippen LogP contribution in [0.4, 0.5) is 33.3 Å². The number of pyridine rings is 2. The summed E-state index contributed by atoms with van der Waals surface area (Å²) in [5, 5.41) is 12.9. The van der Waals surface area contributed by atoms with Gasteiger partial charge in [0.2, 0.25) is 0 Å². The van der Waals surface area contributed by atoms with Crippen LogP contribution in [0, 0.1) is 11.6 Å². The van der Waals surface area contributed by atoms with E-state index in [2.05, 4.69) is 10.3 Å². The Labute approximate surface area is 281 Å². The van der Waals surface area contributed by atoms with Crippen LogP contribution in [0.3, 0.4) is 0 Å². The normalized spacial score (nSPS) is 15.8. The maximum atomic E-state index is 15.2. The third kappa shape index (κ3) is 6.33. The number of nitrogens with one attached hydrogen (secondary N) is 1. The number of carbonyl (C=O) groups excluding carboxylic acids is 1. The van der Waals surface area contributed by atoms with Crippen LogP contribution in [-0.2, 0) is 23.0 Å². The van der Waals surface area contributed by atoms with Crippen molar-refractivity contribution < 1.29 is 41.4 Å². The molecule has 1 amide bonds. The number of aryl methyl sites for hydroxylation is 1. The number of fused-ring (bicyclic) bond motifs is 2. The lowest BCUT2D eigenvalue weighted by Gasteiger charge is -2.38. The maximum Gasteiger partial charge on any atom is 0.411 e. The molecule has 1 aliphatic rings. The zero-order valence-electron chi connectivity index (χ0n) is 27.0. The molecular weight excluding hydrogens is 667 g/mol. The molecule has 0 saturated carbocycles. The fourth-order valence-corrected chi connectivity index (χ4v) is 6.15. The van der Waals surface area contributed by atoms with Gasteiger partial charge in [0.25, 0.3) is 11.5 Å². The molecule has 50 heavy (non-hydrogen) atoms. The lowest BCUT2D eigenvalue weighted by Crippen LogP contribution is -2.53. The van der Waals surface area contributed by atoms with Crippen LogP contribution in [0.1, 0.15) is 16.1 Å². The fraction of sp³-hybridized carbons (Fsp3) is 0.294. The number of hydrogen-bond donors (Lipinski definition) is 2. The molecule has 262 valence electrons. The zero-order chi connectivity index (χ0) is 36.1. The first-order chi connectivity index (χ1) is 23.6. The number of carbonyl (C=O) groups is 2. The summed E-state index contributed by atoms with van der Waals surface area (Å²) >= 11 is 0. The number of aliphatic carboxylic acids is 1. The van der Waals surface area contributed by atoms with E-state index < -0.39 is 59.6 Å². The Morgan fingerprint density at radius 2 is 1.80 bits per heavy atom. The summed E-state index contributed by atoms with van der Waals surface area (Å²) in [4.78, 5) is 45.9. The van der Waals surface area contributed by atoms with E-state index in [1.165, 1.54) is 10.8 Å². The summed E-state index contributed by atoms with van der Waals surface area (Å²) in [6, 6.07) is 7.97. The summed E-state index contributed by atoms with van der Waals surface area (Å²) in [6.45, 7) is -1.15. The molecule has 3 aromatic heterocycles. The van der Waals surface area contributed by atoms with E-state index in [0.717, 1.165) is 21.5 Å². The summed E-state index contributed by atoms with van der Waals surface area (Å²) < 4.78 is 79.0. The van der Waals surface area contributed by atoms with Crippen molar-refractivity contribution in [3.63, 3.8) is 0 Å². The SMILES string of the molecule is CN(C)c1ccc2c(c1)cc(-c1ccc(C[C@H](NC(=O)c3c(F)cc(N4CCOC[C@@H]4C(F)(F)F)cc3F)C(=O)O)n3ccnc13)c(=O)n2C. The minimum atomic E-state index is -4.75. The third-order valence-corrected chi connectivity index (χ3v) is 8.76. The van der Waals surface area contributed by atoms with Crippen molar-refractivity contribution in [1.29, 1.82) is 0 Å². The number of amides is 1. The Morgan fingerprint density at radius 1 is 1.08 bits per heavy atom. The Balaban J connectivity index is 1.29. The van der Waals surface area contributed by atoms with Crippen molar-refractivity contribution in [3.8, 4) is 11.1 Å². The molecule has 16 heteroatoms. The number of rotatable bonds is 8. The average Bonchev–Trinajstić information content (AvgIpc) is 3.56. The van der Waals surface area contributed by atoms with Gasteiger partial charge < -0.3 is 33.9 Å². The molecule has 0 spiro atoms. The Hall–Kier alpha value is -5.51. The van der Waals surface area contributed by atoms with Gasteiger partial charge in [-0.25, -0.2) is 18.6 Å². The molecule has 1 aliphatic heterocycles. The van der Waals surface area contributed by atoms with Gasteiger partial charge in [-0.1, -0.05) is 0 Å². The number of aromatic nitrogens is 3. The van der Waals surface area contributed by atoms with Crippen LogP contribution in [-0.4, -0.2) is 83.0 Å². The van der Waals surface area contributed by atoms with E-state index in [4.69, 9.17) is 4.74 Å². The second-order valence-electron chi connectivity index (χ2n) is 12.1. The van der Waals surface area contributed by atoms with Gasteiger partial charge in [-0.05, 0) is 48.5 Å². The molecule has 6 rings (SSSR count). The molecule has 2 aromatic carbocycles. The van der Waals surface area contributed by atoms with E-state index >= 15 is 8.78 Å². The number of carboxylic acids is 1. The number of halogens is 5. The smallest absolute Gasteiger partial charge is 0.411 e. The Morgan fingerprint density at radius 3 is 2.46 bits per heavy atom. The van der Waals surface area contributed by atoms with E-state index in [1.54, 1.807) is 35.8 Å². The number of imidazole rings is 1. The largest absolute Gasteiger partial charge is 0.480 e. The van der Waals surface area contributed by atoms with Crippen molar-refractivity contribution >= 4 is 39.8 Å². The maximum absolute atomic E-state index is 15.2. The lowest BCUT2D eigenvalue weighted by atomic mass is 10.0. The number of carboxylic acid groups (broad SMARTS) is 1. The summed E-state index contributed by atoms with van der Waals surface area (Å²) in [7, 11) is 5.45. The van der Waals surface area contributed by atoms with E-state index in [1.807, 2.05) is 37.2 Å². The Bertz CT molecular complexity index is 2170. The number of hydrogen-bond acceptors (Lipinski definition) is 7. The predicted molar refractivity (Wildman–Crippen MR) is 175 cm³/mol. The molecule has 11 nitrogen and oxygen atoms in total. The highest BCUT2D eigenvalue weighted by molar-refractivity contribution is 5.97. The number of benzene rings is 2. The molecule has 5 aromatic rings. The highest BCUT2D eigenvalue weighted by Gasteiger charge is 2.46. The lowest BCUT2D eigenvalue weighted by molar-refractivity contribution is -0.167. The van der Waals surface area contributed by atoms with Gasteiger partial charge in [0, 0.05) is 74.5 Å². The van der Waals surface area contributed by atoms with Crippen molar-refractivity contribution in [3.05, 3.63) is 94.2 Å². The van der Waals surface area contributed by atoms with Gasteiger partial charge >= 0.3 is 12.1 Å². The van der Waals surface area contributed by atoms with Crippen LogP contribution >= 0.6 is 0 Å². The molecule has 4 heterocycles. The fourth-order valence-electron chi connectivity index (χ4n) is 6.15. The minimum absolute atomic E-state index is 0.111. The van der Waals surface area contributed by atoms with E-state index in [-0.39, 0.29) is 25.1 Å². The highest BCUT2D eigenvalue weighted by Crippen LogP contribution is 2.33. The van der Waals surface area contributed by atoms with Gasteiger partial charge in [-0.2, -0.15) is 13.2 Å². The summed E-state index contributed by atoms with van der Waals surface area (Å²) in [5.74, 6) is -5.87. The first kappa shape index (κ1) is 34.4. The third-order valence-electron chi connectivity index (χ3n) is 8.76. The molecular formula is C34H31F5N6O5. The van der Waals surface area contributed by atoms with E-state index in [9.17, 15) is 32.7 Å². The molecule has 1 fully saturated rings. The Kier molecular flexibility index (Phi) is 8.98. The molecule has 0 bridgehead atoms. The van der Waals surface area contributed by atoms with Crippen molar-refractivity contribution in [2.24, 2.45) is 7.05 Å². The summed E-state index contributed by atoms with van der Waals surface area (Å²) in [5.41, 5.74) is 1.22. The number of anilines is 2. The number of nitrogens with zero attached hydrogens (tertiary/aromatic N) is 5. The molecule has 2 N–H and O–H groups in total. The number of morpholine rings is 1. The standard InChI is InChI=1S/C34H31F5N6O5/c1-42(2)19-5-7-27-18(12-19)13-23(32(47)43(27)3)22-6-4-20(45-9-8-40-30(22)45)16-26(33(48)49)41-31(46)29-24(35)14-21(15-25(29)36)44-10-11-50-17-28(44)34(37,38)39/h4-9,12-15,26,28H,10-11,16-17H2,1-3H3,(H,41,46)(H,48,49)/t26-,28+/m0/s1. The van der Waals surface area contributed by atoms with Crippen LogP contribution in [0.25, 0.3) is 27.7 Å². The molecule has 0 aliphatic carbocycles. The van der Waals surface area contributed by atoms with Gasteiger partial charge in [-0.3, -0.25) is 9.59 Å². The van der Waals surface area contributed by atoms with Crippen LogP contribution in [0.2, 0.25) is 0 Å². The average molecular weight is 699 g/mol. The van der Waals surface area contributed by atoms with Crippen LogP contribution in [0.5, 0.6) is 0 Å². The van der Waals surface area contributed by atoms with Crippen molar-refractivity contribution in [2.75, 3.05) is 43.7 Å². The highest BCUT2D eigenvalue weighted by atomic mass is 19.4. The van der Waals surface area contributed by atoms with Gasteiger partial charge in [-0.15, -0.1) is 0 Å². The zero-order valence-corrected chi connectivity index (χ0v) is 27.0. The van der Waals surface area contributed by atoms with E-state index in [0.29, 0.717) is 34.6 Å². The summed E-state index contributed by atoms with van der Waals surface area (Å²) in [6.07, 6.45) is -2.12. The van der Waals surface area contributed by atoms with Gasteiger partial charge in [0.05, 0.1) is 24.3 Å². The molecule has 0 unspecified atom stereocenters. The van der Waals surface area contributed by atoms with Crippen LogP contribution < -0.4 is 20.7 Å². The van der Waals surface area contributed by atoms with Gasteiger partial charge in [0.1, 0.15) is 34.9 Å². The molecule has 1 saturated heterocycles. The molecule has 0 radical (unpaired) electrons. The quantitative estimate of drug-likeness (QED) is 0.229. The second kappa shape index (κ2) is 13.1. The predicted octanol–water partition coefficient (Wildman–Crippen LogP) is 4.39. The first-order valence-electron chi connectivity index (χ1n) is 15.4. The second-order valence-corrected chi connectivity index (χ2v) is 12.1. The van der Waals surface area contributed by atoms with Crippen LogP contribution in [0.15, 0.2) is 65.7 Å². The van der Waals surface area contributed by atoms with Crippen molar-refractivity contribution in [2.45, 2.75) is 24.7 Å². The minimum Gasteiger partial charge on any atom is -0.480 e.